The predicted octanol–water partition coefficient (Wildman–Crippen LogP) is -0.453. The lowest BCUT2D eigenvalue weighted by Crippen LogP contribution is -2.66. The Bertz CT molecular complexity index is 1080. The minimum Gasteiger partial charge on any atom is -0.507 e. The Morgan fingerprint density at radius 2 is 1.87 bits per heavy atom. The van der Waals surface area contributed by atoms with Gasteiger partial charge in [-0.15, -0.1) is 0 Å². The van der Waals surface area contributed by atoms with E-state index in [1.165, 1.54) is 13.0 Å². The summed E-state index contributed by atoms with van der Waals surface area (Å²) in [6.45, 7) is 1.24. The van der Waals surface area contributed by atoms with Crippen LogP contribution in [0.2, 0.25) is 0 Å². The van der Waals surface area contributed by atoms with E-state index in [0.717, 1.165) is 0 Å². The first-order chi connectivity index (χ1) is 14.5. The summed E-state index contributed by atoms with van der Waals surface area (Å²) in [7, 11) is 0. The van der Waals surface area contributed by atoms with Crippen LogP contribution in [-0.4, -0.2) is 55.5 Å². The summed E-state index contributed by atoms with van der Waals surface area (Å²) in [6, 6.07) is 3.07. The molecule has 0 bridgehead atoms. The third kappa shape index (κ3) is 2.86. The van der Waals surface area contributed by atoms with Gasteiger partial charge >= 0.3 is 0 Å². The van der Waals surface area contributed by atoms with Gasteiger partial charge in [0.25, 0.3) is 0 Å². The van der Waals surface area contributed by atoms with Crippen molar-refractivity contribution in [3.8, 4) is 5.75 Å². The number of phenols is 1. The molecule has 3 aliphatic carbocycles. The molecule has 3 aliphatic rings. The second-order valence-electron chi connectivity index (χ2n) is 8.42. The quantitative estimate of drug-likeness (QED) is 0.269. The number of hydrogen-bond donors (Lipinski definition) is 6. The molecule has 2 saturated carbocycles. The summed E-state index contributed by atoms with van der Waals surface area (Å²) in [6.07, 6.45) is -1.26. The van der Waals surface area contributed by atoms with Crippen LogP contribution >= 0.6 is 0 Å². The lowest BCUT2D eigenvalue weighted by Gasteiger charge is -2.48. The van der Waals surface area contributed by atoms with Gasteiger partial charge in [-0.2, -0.15) is 0 Å². The summed E-state index contributed by atoms with van der Waals surface area (Å²) in [5, 5.41) is 45.3. The maximum atomic E-state index is 13.3. The molecule has 5 atom stereocenters. The average molecular weight is 430 g/mol. The number of aliphatic hydroxyl groups excluding tert-OH is 2. The number of aliphatic hydroxyl groups is 3. The van der Waals surface area contributed by atoms with Crippen molar-refractivity contribution in [2.75, 3.05) is 5.32 Å². The Morgan fingerprint density at radius 1 is 1.19 bits per heavy atom. The maximum absolute atomic E-state index is 13.3. The van der Waals surface area contributed by atoms with Gasteiger partial charge in [0.1, 0.15) is 17.4 Å². The van der Waals surface area contributed by atoms with Gasteiger partial charge in [-0.3, -0.25) is 19.2 Å². The van der Waals surface area contributed by atoms with Gasteiger partial charge < -0.3 is 31.5 Å². The van der Waals surface area contributed by atoms with Crippen LogP contribution in [-0.2, 0) is 25.6 Å². The number of nitrogens with one attached hydrogen (secondary N) is 1. The third-order valence-electron chi connectivity index (χ3n) is 6.57. The minimum atomic E-state index is -2.61. The second kappa shape index (κ2) is 6.89. The Hall–Kier alpha value is -3.24. The summed E-state index contributed by atoms with van der Waals surface area (Å²) in [5.41, 5.74) is 2.85. The third-order valence-corrected chi connectivity index (χ3v) is 6.57. The number of carbonyl (C=O) groups is 4. The largest absolute Gasteiger partial charge is 0.507 e. The average Bonchev–Trinajstić information content (AvgIpc) is 2.66. The van der Waals surface area contributed by atoms with Gasteiger partial charge in [0, 0.05) is 18.4 Å². The number of fused-ring (bicyclic) bond motifs is 3. The van der Waals surface area contributed by atoms with Gasteiger partial charge in [-0.25, -0.2) is 0 Å². The van der Waals surface area contributed by atoms with Crippen LogP contribution in [0.4, 0.5) is 5.69 Å². The molecule has 31 heavy (non-hydrogen) atoms. The molecule has 2 amide bonds. The molecule has 1 aromatic rings. The second-order valence-corrected chi connectivity index (χ2v) is 8.42. The molecule has 10 nitrogen and oxygen atoms in total. The van der Waals surface area contributed by atoms with Crippen molar-refractivity contribution < 1.29 is 39.6 Å². The Labute approximate surface area is 176 Å². The van der Waals surface area contributed by atoms with E-state index in [1.807, 2.05) is 0 Å². The maximum Gasteiger partial charge on any atom is 0.230 e. The highest BCUT2D eigenvalue weighted by molar-refractivity contribution is 6.24. The van der Waals surface area contributed by atoms with Gasteiger partial charge in [0.15, 0.2) is 11.4 Å². The van der Waals surface area contributed by atoms with Crippen molar-refractivity contribution in [1.82, 2.24) is 0 Å². The predicted molar refractivity (Wildman–Crippen MR) is 106 cm³/mol. The molecular weight excluding hydrogens is 408 g/mol. The Kier molecular flexibility index (Phi) is 4.67. The molecule has 0 aliphatic heterocycles. The smallest absolute Gasteiger partial charge is 0.230 e. The molecule has 1 aromatic carbocycles. The number of phenolic OH excluding ortho intramolecular Hbond substituents is 1. The summed E-state index contributed by atoms with van der Waals surface area (Å²) >= 11 is 0. The van der Waals surface area contributed by atoms with Crippen LogP contribution in [0.5, 0.6) is 5.75 Å². The van der Waals surface area contributed by atoms with Crippen LogP contribution in [0.1, 0.15) is 30.9 Å². The molecule has 0 radical (unpaired) electrons. The lowest BCUT2D eigenvalue weighted by atomic mass is 9.56. The fourth-order valence-electron chi connectivity index (χ4n) is 5.19. The van der Waals surface area contributed by atoms with E-state index >= 15 is 0 Å². The summed E-state index contributed by atoms with van der Waals surface area (Å²) < 4.78 is 0. The van der Waals surface area contributed by atoms with Gasteiger partial charge in [0.2, 0.25) is 17.6 Å². The fraction of sp³-hybridized carbons (Fsp3) is 0.429. The number of aromatic hydroxyl groups is 1. The SMILES string of the molecule is CC(=O)Nc1ccc2c(c1O)C(O)=C1C(=O)[C@]3(O)C(=O)C(C(N)=O)C(O)C[C@@H]3C[C@@H]1C2. The van der Waals surface area contributed by atoms with E-state index < -0.39 is 64.3 Å². The highest BCUT2D eigenvalue weighted by Crippen LogP contribution is 2.52. The summed E-state index contributed by atoms with van der Waals surface area (Å²) in [4.78, 5) is 49.2. The Balaban J connectivity index is 1.84. The number of nitrogens with two attached hydrogens (primary N) is 1. The van der Waals surface area contributed by atoms with Gasteiger partial charge in [-0.1, -0.05) is 6.07 Å². The molecule has 0 aromatic heterocycles. The monoisotopic (exact) mass is 430 g/mol. The molecule has 0 saturated heterocycles. The van der Waals surface area contributed by atoms with Crippen molar-refractivity contribution in [3.05, 3.63) is 28.8 Å². The van der Waals surface area contributed by atoms with Crippen molar-refractivity contribution >= 4 is 34.8 Å². The molecule has 10 heteroatoms. The zero-order chi connectivity index (χ0) is 22.8. The fourth-order valence-corrected chi connectivity index (χ4v) is 5.19. The van der Waals surface area contributed by atoms with Gasteiger partial charge in [-0.05, 0) is 36.8 Å². The van der Waals surface area contributed by atoms with E-state index in [-0.39, 0.29) is 36.1 Å². The summed E-state index contributed by atoms with van der Waals surface area (Å²) in [5.74, 6) is -8.15. The van der Waals surface area contributed by atoms with Crippen molar-refractivity contribution in [1.29, 1.82) is 0 Å². The number of carbonyl (C=O) groups excluding carboxylic acids is 4. The highest BCUT2D eigenvalue weighted by Gasteiger charge is 2.63. The van der Waals surface area contributed by atoms with Crippen LogP contribution in [0, 0.1) is 17.8 Å². The van der Waals surface area contributed by atoms with Gasteiger partial charge in [0.05, 0.1) is 17.4 Å². The van der Waals surface area contributed by atoms with Crippen molar-refractivity contribution in [2.24, 2.45) is 23.5 Å². The molecule has 0 heterocycles. The van der Waals surface area contributed by atoms with Crippen LogP contribution in [0.15, 0.2) is 17.7 Å². The number of ketones is 2. The normalized spacial score (nSPS) is 32.1. The first kappa shape index (κ1) is 21.0. The number of Topliss-reactive ketones (excluding diaryl/α,β-unsaturated/α-hetero) is 2. The lowest BCUT2D eigenvalue weighted by molar-refractivity contribution is -0.174. The first-order valence-electron chi connectivity index (χ1n) is 9.83. The molecule has 164 valence electrons. The number of primary amides is 1. The van der Waals surface area contributed by atoms with Crippen LogP contribution < -0.4 is 11.1 Å². The van der Waals surface area contributed by atoms with E-state index in [0.29, 0.717) is 5.56 Å². The molecule has 0 spiro atoms. The van der Waals surface area contributed by atoms with E-state index in [4.69, 9.17) is 5.73 Å². The number of hydrogen-bond acceptors (Lipinski definition) is 8. The topological polar surface area (TPSA) is 187 Å². The molecule has 4 rings (SSSR count). The van der Waals surface area contributed by atoms with Crippen LogP contribution in [0.3, 0.4) is 0 Å². The number of amides is 2. The molecule has 7 N–H and O–H groups in total. The van der Waals surface area contributed by atoms with E-state index in [1.54, 1.807) is 6.07 Å². The zero-order valence-corrected chi connectivity index (χ0v) is 16.6. The number of rotatable bonds is 2. The molecule has 2 fully saturated rings. The standard InChI is InChI=1S/C21H22N2O8/c1-7(24)23-11-3-2-8-4-9-5-10-6-12(25)15(20(22)30)19(29)21(10,31)18(28)14(9)17(27)13(8)16(11)26/h2-3,9-10,12,15,25-27,31H,4-6H2,1H3,(H2,22,30)(H,23,24)/t9-,10-,12?,15?,21-/m0/s1. The number of anilines is 1. The zero-order valence-electron chi connectivity index (χ0n) is 16.6. The molecule has 2 unspecified atom stereocenters. The van der Waals surface area contributed by atoms with Crippen molar-refractivity contribution in [3.63, 3.8) is 0 Å². The molecular formula is C21H22N2O8. The van der Waals surface area contributed by atoms with E-state index in [9.17, 15) is 39.6 Å². The number of benzene rings is 1. The first-order valence-corrected chi connectivity index (χ1v) is 9.83. The van der Waals surface area contributed by atoms with Crippen LogP contribution in [0.25, 0.3) is 5.76 Å². The highest BCUT2D eigenvalue weighted by atomic mass is 16.3. The Morgan fingerprint density at radius 3 is 2.48 bits per heavy atom. The van der Waals surface area contributed by atoms with E-state index in [2.05, 4.69) is 5.32 Å². The van der Waals surface area contributed by atoms with Crippen molar-refractivity contribution in [2.45, 2.75) is 37.9 Å². The minimum absolute atomic E-state index is 0.0300.